The summed E-state index contributed by atoms with van der Waals surface area (Å²) in [4.78, 5) is 17.6. The lowest BCUT2D eigenvalue weighted by molar-refractivity contribution is 0.109. The van der Waals surface area contributed by atoms with E-state index in [4.69, 9.17) is 0 Å². The minimum atomic E-state index is -1.55. The van der Waals surface area contributed by atoms with E-state index >= 15 is 4.39 Å². The number of rotatable bonds is 3. The van der Waals surface area contributed by atoms with Gasteiger partial charge in [-0.3, -0.25) is 0 Å². The van der Waals surface area contributed by atoms with Crippen LogP contribution < -0.4 is 10.6 Å². The van der Waals surface area contributed by atoms with Gasteiger partial charge in [0.25, 0.3) is 0 Å². The predicted molar refractivity (Wildman–Crippen MR) is 105 cm³/mol. The molecule has 1 aromatic carbocycles. The monoisotopic (exact) mass is 393 g/mol. The maximum atomic E-state index is 15.5. The summed E-state index contributed by atoms with van der Waals surface area (Å²) in [5.41, 5.74) is 0.844. The first kappa shape index (κ1) is 18.8. The van der Waals surface area contributed by atoms with Crippen LogP contribution in [0.5, 0.6) is 0 Å². The van der Waals surface area contributed by atoms with E-state index in [-0.39, 0.29) is 18.5 Å². The molecule has 3 aromatic rings. The molecule has 1 fully saturated rings. The lowest BCUT2D eigenvalue weighted by Crippen LogP contribution is -2.42. The topological polar surface area (TPSA) is 92.6 Å². The molecule has 0 saturated carbocycles. The van der Waals surface area contributed by atoms with E-state index in [1.54, 1.807) is 37.0 Å². The van der Waals surface area contributed by atoms with Crippen LogP contribution >= 0.6 is 0 Å². The second-order valence-electron chi connectivity index (χ2n) is 7.27. The summed E-state index contributed by atoms with van der Waals surface area (Å²) in [5, 5.41) is 17.4. The molecule has 0 radical (unpaired) electrons. The third-order valence-corrected chi connectivity index (χ3v) is 5.40. The zero-order chi connectivity index (χ0) is 20.6. The van der Waals surface area contributed by atoms with E-state index in [2.05, 4.69) is 21.3 Å². The molecule has 0 spiro atoms. The highest BCUT2D eigenvalue weighted by molar-refractivity contribution is 5.82. The molecule has 1 saturated heterocycles. The molecule has 1 aliphatic heterocycles. The third-order valence-electron chi connectivity index (χ3n) is 5.40. The molecule has 0 unspecified atom stereocenters. The largest absolute Gasteiger partial charge is 0.370 e. The Morgan fingerprint density at radius 3 is 2.59 bits per heavy atom. The summed E-state index contributed by atoms with van der Waals surface area (Å²) in [5.74, 6) is 0.327. The number of alkyl halides is 1. The number of para-hydroxylation sites is 1. The molecule has 0 aliphatic carbocycles. The Bertz CT molecular complexity index is 1150. The molecule has 1 aliphatic rings. The van der Waals surface area contributed by atoms with Crippen LogP contribution in [0.15, 0.2) is 41.7 Å². The first-order chi connectivity index (χ1) is 13.9. The Balaban J connectivity index is 1.71. The van der Waals surface area contributed by atoms with Crippen molar-refractivity contribution in [2.75, 3.05) is 18.0 Å². The molecular formula is C20H20FN7O. The third kappa shape index (κ3) is 3.27. The van der Waals surface area contributed by atoms with Crippen molar-refractivity contribution in [3.05, 3.63) is 58.8 Å². The SMILES string of the molecule is Cn1cnnc1C1(F)CCN(c2c(C#N)cccc2-c2cnc(=O)n(C)c2)CC1. The summed E-state index contributed by atoms with van der Waals surface area (Å²) >= 11 is 0. The minimum Gasteiger partial charge on any atom is -0.370 e. The number of hydrogen-bond acceptors (Lipinski definition) is 6. The van der Waals surface area contributed by atoms with Crippen molar-refractivity contribution in [1.82, 2.24) is 24.3 Å². The smallest absolute Gasteiger partial charge is 0.347 e. The zero-order valence-corrected chi connectivity index (χ0v) is 16.2. The van der Waals surface area contributed by atoms with Gasteiger partial charge in [0.15, 0.2) is 11.5 Å². The van der Waals surface area contributed by atoms with Gasteiger partial charge in [-0.25, -0.2) is 14.2 Å². The van der Waals surface area contributed by atoms with Crippen LogP contribution in [-0.2, 0) is 19.8 Å². The van der Waals surface area contributed by atoms with Crippen molar-refractivity contribution >= 4 is 5.69 Å². The molecule has 2 aromatic heterocycles. The maximum Gasteiger partial charge on any atom is 0.347 e. The molecule has 0 amide bonds. The molecule has 9 heteroatoms. The van der Waals surface area contributed by atoms with Crippen LogP contribution in [0.1, 0.15) is 24.2 Å². The van der Waals surface area contributed by atoms with E-state index in [9.17, 15) is 10.1 Å². The van der Waals surface area contributed by atoms with Gasteiger partial charge in [0.05, 0.1) is 11.3 Å². The van der Waals surface area contributed by atoms with E-state index < -0.39 is 5.67 Å². The van der Waals surface area contributed by atoms with Crippen molar-refractivity contribution in [2.45, 2.75) is 18.5 Å². The van der Waals surface area contributed by atoms with Crippen molar-refractivity contribution in [2.24, 2.45) is 14.1 Å². The molecule has 8 nitrogen and oxygen atoms in total. The number of hydrogen-bond donors (Lipinski definition) is 0. The van der Waals surface area contributed by atoms with Gasteiger partial charge in [0.1, 0.15) is 12.4 Å². The van der Waals surface area contributed by atoms with Crippen LogP contribution in [0.4, 0.5) is 10.1 Å². The van der Waals surface area contributed by atoms with E-state index in [1.165, 1.54) is 17.1 Å². The summed E-state index contributed by atoms with van der Waals surface area (Å²) < 4.78 is 18.5. The highest BCUT2D eigenvalue weighted by atomic mass is 19.1. The van der Waals surface area contributed by atoms with Gasteiger partial charge < -0.3 is 14.0 Å². The van der Waals surface area contributed by atoms with Crippen LogP contribution in [-0.4, -0.2) is 37.4 Å². The fourth-order valence-electron chi connectivity index (χ4n) is 3.86. The number of aromatic nitrogens is 5. The molecule has 4 rings (SSSR count). The number of halogens is 1. The lowest BCUT2D eigenvalue weighted by Gasteiger charge is -2.38. The average molecular weight is 393 g/mol. The van der Waals surface area contributed by atoms with Crippen molar-refractivity contribution < 1.29 is 4.39 Å². The molecule has 0 atom stereocenters. The van der Waals surface area contributed by atoms with E-state index in [0.717, 1.165) is 16.8 Å². The maximum absolute atomic E-state index is 15.5. The van der Waals surface area contributed by atoms with Crippen LogP contribution in [0, 0.1) is 11.3 Å². The summed E-state index contributed by atoms with van der Waals surface area (Å²) in [6, 6.07) is 7.66. The summed E-state index contributed by atoms with van der Waals surface area (Å²) in [6.45, 7) is 0.850. The average Bonchev–Trinajstić information content (AvgIpc) is 3.17. The Morgan fingerprint density at radius 2 is 1.97 bits per heavy atom. The Kier molecular flexibility index (Phi) is 4.62. The Labute approximate surface area is 166 Å². The fraction of sp³-hybridized carbons (Fsp3) is 0.350. The van der Waals surface area contributed by atoms with Gasteiger partial charge in [-0.05, 0) is 6.07 Å². The number of piperidine rings is 1. The van der Waals surface area contributed by atoms with Crippen LogP contribution in [0.3, 0.4) is 0 Å². The number of benzene rings is 1. The molecule has 0 N–H and O–H groups in total. The highest BCUT2D eigenvalue weighted by Crippen LogP contribution is 2.40. The van der Waals surface area contributed by atoms with E-state index in [0.29, 0.717) is 24.5 Å². The Hall–Kier alpha value is -3.54. The zero-order valence-electron chi connectivity index (χ0n) is 16.2. The molecular weight excluding hydrogens is 373 g/mol. The summed E-state index contributed by atoms with van der Waals surface area (Å²) in [6.07, 6.45) is 5.18. The van der Waals surface area contributed by atoms with Crippen molar-refractivity contribution in [3.63, 3.8) is 0 Å². The first-order valence-corrected chi connectivity index (χ1v) is 9.27. The van der Waals surface area contributed by atoms with Crippen LogP contribution in [0.25, 0.3) is 11.1 Å². The standard InChI is InChI=1S/C20H20FN7O/c1-26-12-15(11-23-19(26)29)16-5-3-4-14(10-22)17(16)28-8-6-20(21,7-9-28)18-25-24-13-27(18)2/h3-5,11-13H,6-9H2,1-2H3. The number of anilines is 1. The first-order valence-electron chi connectivity index (χ1n) is 9.27. The normalized spacial score (nSPS) is 15.9. The molecule has 148 valence electrons. The van der Waals surface area contributed by atoms with Gasteiger partial charge in [0.2, 0.25) is 0 Å². The van der Waals surface area contributed by atoms with Gasteiger partial charge in [0, 0.05) is 63.5 Å². The second-order valence-corrected chi connectivity index (χ2v) is 7.27. The molecule has 3 heterocycles. The van der Waals surface area contributed by atoms with Crippen LogP contribution in [0.2, 0.25) is 0 Å². The number of nitriles is 1. The van der Waals surface area contributed by atoms with E-state index in [1.807, 2.05) is 11.0 Å². The van der Waals surface area contributed by atoms with Gasteiger partial charge in [-0.1, -0.05) is 12.1 Å². The predicted octanol–water partition coefficient (Wildman–Crippen LogP) is 1.91. The van der Waals surface area contributed by atoms with Crippen molar-refractivity contribution in [1.29, 1.82) is 5.26 Å². The molecule has 29 heavy (non-hydrogen) atoms. The number of aryl methyl sites for hydroxylation is 2. The van der Waals surface area contributed by atoms with Gasteiger partial charge in [-0.15, -0.1) is 10.2 Å². The summed E-state index contributed by atoms with van der Waals surface area (Å²) in [7, 11) is 3.37. The second kappa shape index (κ2) is 7.13. The fourth-order valence-corrected chi connectivity index (χ4v) is 3.86. The quantitative estimate of drug-likeness (QED) is 0.675. The Morgan fingerprint density at radius 1 is 1.21 bits per heavy atom. The minimum absolute atomic E-state index is 0.240. The molecule has 0 bridgehead atoms. The lowest BCUT2D eigenvalue weighted by atomic mass is 9.90. The highest BCUT2D eigenvalue weighted by Gasteiger charge is 2.40. The van der Waals surface area contributed by atoms with Gasteiger partial charge >= 0.3 is 5.69 Å². The number of nitrogens with zero attached hydrogens (tertiary/aromatic N) is 7. The van der Waals surface area contributed by atoms with Crippen molar-refractivity contribution in [3.8, 4) is 17.2 Å². The van der Waals surface area contributed by atoms with Gasteiger partial charge in [-0.2, -0.15) is 5.26 Å².